The van der Waals surface area contributed by atoms with E-state index in [-0.39, 0.29) is 0 Å². The molecule has 3 nitrogen and oxygen atoms in total. The highest BCUT2D eigenvalue weighted by molar-refractivity contribution is 7.99. The van der Waals surface area contributed by atoms with Crippen molar-refractivity contribution in [1.29, 1.82) is 0 Å². The Labute approximate surface area is 222 Å². The van der Waals surface area contributed by atoms with E-state index in [1.807, 2.05) is 30.8 Å². The van der Waals surface area contributed by atoms with E-state index in [0.717, 1.165) is 44.5 Å². The van der Waals surface area contributed by atoms with Crippen LogP contribution in [0.3, 0.4) is 0 Å². The summed E-state index contributed by atoms with van der Waals surface area (Å²) in [4.78, 5) is 14.5. The summed E-state index contributed by atoms with van der Waals surface area (Å²) in [7, 11) is 0. The maximum atomic E-state index is 13.0. The lowest BCUT2D eigenvalue weighted by atomic mass is 10.1. The first kappa shape index (κ1) is 28.5. The van der Waals surface area contributed by atoms with Gasteiger partial charge >= 0.3 is 12.1 Å². The zero-order valence-corrected chi connectivity index (χ0v) is 23.0. The van der Waals surface area contributed by atoms with Gasteiger partial charge in [-0.1, -0.05) is 32.9 Å². The van der Waals surface area contributed by atoms with Gasteiger partial charge in [-0.05, 0) is 71.7 Å². The number of benzene rings is 2. The van der Waals surface area contributed by atoms with Crippen LogP contribution >= 0.6 is 34.9 Å². The van der Waals surface area contributed by atoms with Crippen molar-refractivity contribution >= 4 is 40.8 Å². The highest BCUT2D eigenvalue weighted by atomic mass is 32.2. The molecule has 3 aromatic rings. The van der Waals surface area contributed by atoms with Crippen molar-refractivity contribution in [3.8, 4) is 16.2 Å². The second kappa shape index (κ2) is 12.4. The van der Waals surface area contributed by atoms with Crippen LogP contribution in [0.4, 0.5) is 13.2 Å². The van der Waals surface area contributed by atoms with Gasteiger partial charge < -0.3 is 9.84 Å². The van der Waals surface area contributed by atoms with E-state index >= 15 is 0 Å². The Kier molecular flexibility index (Phi) is 9.83. The number of thioether (sulfide) groups is 2. The van der Waals surface area contributed by atoms with Crippen molar-refractivity contribution < 1.29 is 27.8 Å². The van der Waals surface area contributed by atoms with Gasteiger partial charge in [0, 0.05) is 26.2 Å². The molecule has 194 valence electrons. The number of alkyl halides is 3. The standard InChI is InChI=1S/C27H29F3O3S3/c1-5-22(26(31)32)33-23-11-10-21(12-17(23)4)35-15-25-19(14-34-16(2)3)13-24(36-25)18-6-8-20(9-7-18)27(28,29)30/h6-13,16,22H,5,14-15H2,1-4H3,(H,31,32). The van der Waals surface area contributed by atoms with Crippen LogP contribution in [-0.2, 0) is 22.5 Å². The summed E-state index contributed by atoms with van der Waals surface area (Å²) >= 11 is 5.12. The zero-order chi connectivity index (χ0) is 26.5. The van der Waals surface area contributed by atoms with Gasteiger partial charge in [0.2, 0.25) is 0 Å². The van der Waals surface area contributed by atoms with E-state index in [1.54, 1.807) is 36.1 Å². The fourth-order valence-corrected chi connectivity index (χ4v) is 6.55. The third-order valence-electron chi connectivity index (χ3n) is 5.40. The second-order valence-corrected chi connectivity index (χ2v) is 12.3. The summed E-state index contributed by atoms with van der Waals surface area (Å²) in [6, 6.07) is 13.1. The summed E-state index contributed by atoms with van der Waals surface area (Å²) in [6.45, 7) is 7.95. The average molecular weight is 555 g/mol. The topological polar surface area (TPSA) is 46.5 Å². The van der Waals surface area contributed by atoms with Crippen LogP contribution in [0.25, 0.3) is 10.4 Å². The molecule has 3 rings (SSSR count). The van der Waals surface area contributed by atoms with E-state index in [0.29, 0.717) is 17.4 Å². The summed E-state index contributed by atoms with van der Waals surface area (Å²) in [6.07, 6.45) is -4.85. The van der Waals surface area contributed by atoms with E-state index in [4.69, 9.17) is 4.74 Å². The normalized spacial score (nSPS) is 12.7. The van der Waals surface area contributed by atoms with Gasteiger partial charge in [-0.15, -0.1) is 23.1 Å². The molecule has 1 N–H and O–H groups in total. The third kappa shape index (κ3) is 7.70. The van der Waals surface area contributed by atoms with Gasteiger partial charge in [-0.25, -0.2) is 4.79 Å². The Morgan fingerprint density at radius 2 is 1.78 bits per heavy atom. The second-order valence-electron chi connectivity index (χ2n) is 8.56. The van der Waals surface area contributed by atoms with Gasteiger partial charge in [0.25, 0.3) is 0 Å². The van der Waals surface area contributed by atoms with Gasteiger partial charge in [-0.3, -0.25) is 0 Å². The smallest absolute Gasteiger partial charge is 0.416 e. The van der Waals surface area contributed by atoms with Crippen molar-refractivity contribution in [3.05, 3.63) is 70.1 Å². The SMILES string of the molecule is CCC(Oc1ccc(SCc2sc(-c3ccc(C(F)(F)F)cc3)cc2CSC(C)C)cc1C)C(=O)O. The molecule has 0 saturated heterocycles. The number of ether oxygens (including phenoxy) is 1. The molecule has 0 bridgehead atoms. The number of halogens is 3. The third-order valence-corrected chi connectivity index (χ3v) is 8.97. The van der Waals surface area contributed by atoms with Gasteiger partial charge in [0.1, 0.15) is 5.75 Å². The summed E-state index contributed by atoms with van der Waals surface area (Å²) < 4.78 is 44.5. The van der Waals surface area contributed by atoms with Crippen molar-refractivity contribution in [1.82, 2.24) is 0 Å². The molecule has 1 atom stereocenters. The van der Waals surface area contributed by atoms with Crippen LogP contribution < -0.4 is 4.74 Å². The van der Waals surface area contributed by atoms with Gasteiger partial charge in [-0.2, -0.15) is 24.9 Å². The quantitative estimate of drug-likeness (QED) is 0.240. The maximum absolute atomic E-state index is 13.0. The molecule has 0 aliphatic carbocycles. The number of thiophene rings is 1. The molecule has 1 unspecified atom stereocenters. The molecule has 0 amide bonds. The summed E-state index contributed by atoms with van der Waals surface area (Å²) in [5, 5.41) is 9.71. The first-order chi connectivity index (χ1) is 17.0. The van der Waals surface area contributed by atoms with E-state index in [1.165, 1.54) is 22.6 Å². The van der Waals surface area contributed by atoms with Gasteiger partial charge in [0.15, 0.2) is 6.10 Å². The van der Waals surface area contributed by atoms with Gasteiger partial charge in [0.05, 0.1) is 5.56 Å². The molecular weight excluding hydrogens is 525 g/mol. The maximum Gasteiger partial charge on any atom is 0.416 e. The largest absolute Gasteiger partial charge is 0.479 e. The lowest BCUT2D eigenvalue weighted by Gasteiger charge is -2.15. The molecule has 1 aromatic heterocycles. The Bertz CT molecular complexity index is 1170. The molecular formula is C27H29F3O3S3. The molecule has 1 heterocycles. The fraction of sp³-hybridized carbons (Fsp3) is 0.370. The number of carboxylic acids is 1. The predicted octanol–water partition coefficient (Wildman–Crippen LogP) is 8.92. The first-order valence-electron chi connectivity index (χ1n) is 11.5. The molecule has 0 aliphatic rings. The monoisotopic (exact) mass is 554 g/mol. The first-order valence-corrected chi connectivity index (χ1v) is 14.4. The van der Waals surface area contributed by atoms with Crippen LogP contribution in [0.2, 0.25) is 0 Å². The van der Waals surface area contributed by atoms with Crippen molar-refractivity contribution in [2.24, 2.45) is 0 Å². The molecule has 0 radical (unpaired) electrons. The van der Waals surface area contributed by atoms with E-state index < -0.39 is 23.8 Å². The van der Waals surface area contributed by atoms with Crippen LogP contribution in [0.15, 0.2) is 53.4 Å². The highest BCUT2D eigenvalue weighted by Gasteiger charge is 2.30. The molecule has 36 heavy (non-hydrogen) atoms. The average Bonchev–Trinajstić information content (AvgIpc) is 3.23. The fourth-order valence-electron chi connectivity index (χ4n) is 3.39. The molecule has 0 aliphatic heterocycles. The van der Waals surface area contributed by atoms with Crippen molar-refractivity contribution in [2.75, 3.05) is 0 Å². The number of aryl methyl sites for hydroxylation is 1. The molecule has 0 spiro atoms. The number of hydrogen-bond acceptors (Lipinski definition) is 5. The Hall–Kier alpha value is -2.10. The van der Waals surface area contributed by atoms with Crippen molar-refractivity contribution in [2.45, 2.75) is 68.0 Å². The molecule has 9 heteroatoms. The predicted molar refractivity (Wildman–Crippen MR) is 144 cm³/mol. The molecule has 2 aromatic carbocycles. The number of aliphatic carboxylic acids is 1. The van der Waals surface area contributed by atoms with Crippen LogP contribution in [-0.4, -0.2) is 22.4 Å². The molecule has 0 fully saturated rings. The van der Waals surface area contributed by atoms with E-state index in [9.17, 15) is 23.1 Å². The summed E-state index contributed by atoms with van der Waals surface area (Å²) in [5.41, 5.74) is 2.20. The van der Waals surface area contributed by atoms with Crippen LogP contribution in [0.5, 0.6) is 5.75 Å². The number of carbonyl (C=O) groups is 1. The molecule has 0 saturated carbocycles. The number of carboxylic acid groups (broad SMARTS) is 1. The van der Waals surface area contributed by atoms with Crippen molar-refractivity contribution in [3.63, 3.8) is 0 Å². The lowest BCUT2D eigenvalue weighted by Crippen LogP contribution is -2.26. The number of rotatable bonds is 11. The highest BCUT2D eigenvalue weighted by Crippen LogP contribution is 2.39. The van der Waals surface area contributed by atoms with E-state index in [2.05, 4.69) is 19.9 Å². The summed E-state index contributed by atoms with van der Waals surface area (Å²) in [5.74, 6) is 1.14. The Morgan fingerprint density at radius 1 is 1.08 bits per heavy atom. The minimum atomic E-state index is -4.35. The Morgan fingerprint density at radius 3 is 2.33 bits per heavy atom. The lowest BCUT2D eigenvalue weighted by molar-refractivity contribution is -0.145. The van der Waals surface area contributed by atoms with Crippen LogP contribution in [0.1, 0.15) is 48.8 Å². The van der Waals surface area contributed by atoms with Crippen LogP contribution in [0, 0.1) is 6.92 Å². The zero-order valence-electron chi connectivity index (χ0n) is 20.5. The Balaban J connectivity index is 1.78. The number of hydrogen-bond donors (Lipinski definition) is 1. The minimum absolute atomic E-state index is 0.377. The minimum Gasteiger partial charge on any atom is -0.479 e.